The molecule has 0 saturated heterocycles. The van der Waals surface area contributed by atoms with Gasteiger partial charge >= 0.3 is 0 Å². The highest BCUT2D eigenvalue weighted by Crippen LogP contribution is 2.33. The predicted molar refractivity (Wildman–Crippen MR) is 72.2 cm³/mol. The van der Waals surface area contributed by atoms with E-state index in [0.717, 1.165) is 5.52 Å². The number of nitrogens with one attached hydrogen (secondary N) is 2. The molecule has 8 nitrogen and oxygen atoms in total. The summed E-state index contributed by atoms with van der Waals surface area (Å²) in [5.74, 6) is 1.65. The third-order valence-electron chi connectivity index (χ3n) is 2.94. The molecule has 0 aliphatic heterocycles. The van der Waals surface area contributed by atoms with Gasteiger partial charge in [0, 0.05) is 12.1 Å². The molecule has 1 aromatic carbocycles. The minimum Gasteiger partial charge on any atom is -0.493 e. The first-order valence-electron chi connectivity index (χ1n) is 5.75. The summed E-state index contributed by atoms with van der Waals surface area (Å²) in [5, 5.41) is 9.36. The summed E-state index contributed by atoms with van der Waals surface area (Å²) in [6.45, 7) is 0. The lowest BCUT2D eigenvalue weighted by Crippen LogP contribution is -1.89. The van der Waals surface area contributed by atoms with Crippen LogP contribution in [0.15, 0.2) is 23.5 Å². The highest BCUT2D eigenvalue weighted by molar-refractivity contribution is 5.84. The number of aromatic amines is 2. The van der Waals surface area contributed by atoms with E-state index in [4.69, 9.17) is 9.47 Å². The molecule has 102 valence electrons. The van der Waals surface area contributed by atoms with Crippen LogP contribution in [0.25, 0.3) is 22.6 Å². The molecular formula is C12H11N5O3. The average molecular weight is 273 g/mol. The van der Waals surface area contributed by atoms with Crippen LogP contribution in [0.1, 0.15) is 0 Å². The van der Waals surface area contributed by atoms with Crippen molar-refractivity contribution in [3.05, 3.63) is 23.2 Å². The molecule has 0 amide bonds. The average Bonchev–Trinajstić information content (AvgIpc) is 3.10. The molecule has 2 aromatic heterocycles. The summed E-state index contributed by atoms with van der Waals surface area (Å²) in [7, 11) is 3.12. The van der Waals surface area contributed by atoms with E-state index in [9.17, 15) is 4.91 Å². The number of nitrogens with zero attached hydrogens (tertiary/aromatic N) is 3. The standard InChI is InChI=1S/C12H11N5O3/c1-19-9-3-6-7(4-10(9)20-2)15-12(14-6)11-8(17-18)5-13-16-11/h3-5H,1-2H3,(H,13,16)(H,14,15). The van der Waals surface area contributed by atoms with E-state index in [0.29, 0.717) is 28.5 Å². The lowest BCUT2D eigenvalue weighted by atomic mass is 10.3. The van der Waals surface area contributed by atoms with Crippen molar-refractivity contribution in [3.63, 3.8) is 0 Å². The summed E-state index contributed by atoms with van der Waals surface area (Å²) in [4.78, 5) is 18.2. The minimum atomic E-state index is 0.197. The van der Waals surface area contributed by atoms with Crippen LogP contribution in [0, 0.1) is 4.91 Å². The van der Waals surface area contributed by atoms with Crippen molar-refractivity contribution in [1.29, 1.82) is 0 Å². The Morgan fingerprint density at radius 1 is 1.20 bits per heavy atom. The Kier molecular flexibility index (Phi) is 2.82. The van der Waals surface area contributed by atoms with Crippen LogP contribution >= 0.6 is 0 Å². The van der Waals surface area contributed by atoms with Crippen LogP contribution in [0.3, 0.4) is 0 Å². The molecule has 0 aliphatic rings. The van der Waals surface area contributed by atoms with Gasteiger partial charge in [-0.05, 0) is 5.18 Å². The van der Waals surface area contributed by atoms with E-state index in [1.807, 2.05) is 0 Å². The van der Waals surface area contributed by atoms with Crippen LogP contribution in [-0.4, -0.2) is 34.4 Å². The van der Waals surface area contributed by atoms with Gasteiger partial charge in [-0.2, -0.15) is 5.10 Å². The molecule has 2 heterocycles. The summed E-state index contributed by atoms with van der Waals surface area (Å²) in [6, 6.07) is 3.52. The first-order chi connectivity index (χ1) is 9.76. The second-order valence-electron chi connectivity index (χ2n) is 4.03. The van der Waals surface area contributed by atoms with E-state index < -0.39 is 0 Å². The summed E-state index contributed by atoms with van der Waals surface area (Å²) in [5.41, 5.74) is 2.07. The summed E-state index contributed by atoms with van der Waals surface area (Å²) < 4.78 is 10.4. The molecule has 0 fully saturated rings. The lowest BCUT2D eigenvalue weighted by Gasteiger charge is -2.06. The van der Waals surface area contributed by atoms with E-state index in [1.54, 1.807) is 26.4 Å². The fourth-order valence-electron chi connectivity index (χ4n) is 1.98. The molecule has 0 spiro atoms. The zero-order chi connectivity index (χ0) is 14.1. The Morgan fingerprint density at radius 2 is 1.95 bits per heavy atom. The van der Waals surface area contributed by atoms with Gasteiger partial charge in [-0.25, -0.2) is 4.98 Å². The Balaban J connectivity index is 2.18. The van der Waals surface area contributed by atoms with Crippen LogP contribution in [-0.2, 0) is 0 Å². The molecule has 0 unspecified atom stereocenters. The largest absolute Gasteiger partial charge is 0.493 e. The van der Waals surface area contributed by atoms with Crippen LogP contribution in [0.4, 0.5) is 5.69 Å². The van der Waals surface area contributed by atoms with Gasteiger partial charge in [0.2, 0.25) is 0 Å². The van der Waals surface area contributed by atoms with Crippen molar-refractivity contribution < 1.29 is 9.47 Å². The predicted octanol–water partition coefficient (Wildman–Crippen LogP) is 2.37. The van der Waals surface area contributed by atoms with Crippen LogP contribution < -0.4 is 9.47 Å². The Bertz CT molecular complexity index is 736. The highest BCUT2D eigenvalue weighted by atomic mass is 16.5. The maximum Gasteiger partial charge on any atom is 0.163 e. The second-order valence-corrected chi connectivity index (χ2v) is 4.03. The number of nitroso groups, excluding NO2 is 1. The monoisotopic (exact) mass is 273 g/mol. The van der Waals surface area contributed by atoms with Crippen molar-refractivity contribution >= 4 is 16.7 Å². The van der Waals surface area contributed by atoms with Gasteiger partial charge in [-0.1, -0.05) is 0 Å². The molecule has 0 radical (unpaired) electrons. The number of rotatable bonds is 4. The number of H-pyrrole nitrogens is 2. The van der Waals surface area contributed by atoms with Crippen molar-refractivity contribution in [2.75, 3.05) is 14.2 Å². The van der Waals surface area contributed by atoms with Crippen LogP contribution in [0.5, 0.6) is 11.5 Å². The van der Waals surface area contributed by atoms with E-state index in [2.05, 4.69) is 25.3 Å². The zero-order valence-electron chi connectivity index (χ0n) is 10.8. The zero-order valence-corrected chi connectivity index (χ0v) is 10.8. The SMILES string of the molecule is COc1cc2nc(-c3[nH]ncc3N=O)[nH]c2cc1OC. The van der Waals surface area contributed by atoms with Crippen LogP contribution in [0.2, 0.25) is 0 Å². The van der Waals surface area contributed by atoms with E-state index in [1.165, 1.54) is 6.20 Å². The van der Waals surface area contributed by atoms with Gasteiger partial charge in [0.1, 0.15) is 5.69 Å². The quantitative estimate of drug-likeness (QED) is 0.710. The van der Waals surface area contributed by atoms with Crippen molar-refractivity contribution in [2.45, 2.75) is 0 Å². The van der Waals surface area contributed by atoms with Gasteiger partial charge in [-0.3, -0.25) is 5.10 Å². The highest BCUT2D eigenvalue weighted by Gasteiger charge is 2.15. The Morgan fingerprint density at radius 3 is 2.65 bits per heavy atom. The van der Waals surface area contributed by atoms with Gasteiger partial charge in [-0.15, -0.1) is 4.91 Å². The Hall–Kier alpha value is -2.90. The van der Waals surface area contributed by atoms with Gasteiger partial charge in [0.05, 0.1) is 31.4 Å². The van der Waals surface area contributed by atoms with Gasteiger partial charge in [0.15, 0.2) is 23.0 Å². The topological polar surface area (TPSA) is 105 Å². The number of aromatic nitrogens is 4. The number of fused-ring (bicyclic) bond motifs is 1. The molecule has 0 saturated carbocycles. The van der Waals surface area contributed by atoms with Crippen molar-refractivity contribution in [2.24, 2.45) is 5.18 Å². The number of ether oxygens (including phenoxy) is 2. The molecule has 3 aromatic rings. The van der Waals surface area contributed by atoms with Crippen molar-refractivity contribution in [3.8, 4) is 23.0 Å². The maximum absolute atomic E-state index is 10.7. The molecule has 0 bridgehead atoms. The van der Waals surface area contributed by atoms with Gasteiger partial charge in [0.25, 0.3) is 0 Å². The number of benzene rings is 1. The molecular weight excluding hydrogens is 262 g/mol. The van der Waals surface area contributed by atoms with Gasteiger partial charge < -0.3 is 14.5 Å². The number of hydrogen-bond donors (Lipinski definition) is 2. The smallest absolute Gasteiger partial charge is 0.163 e. The second kappa shape index (κ2) is 4.65. The number of methoxy groups -OCH3 is 2. The van der Waals surface area contributed by atoms with E-state index in [-0.39, 0.29) is 5.69 Å². The molecule has 20 heavy (non-hydrogen) atoms. The van der Waals surface area contributed by atoms with E-state index >= 15 is 0 Å². The fourth-order valence-corrected chi connectivity index (χ4v) is 1.98. The lowest BCUT2D eigenvalue weighted by molar-refractivity contribution is 0.356. The fraction of sp³-hybridized carbons (Fsp3) is 0.167. The third kappa shape index (κ3) is 1.78. The minimum absolute atomic E-state index is 0.197. The Labute approximate surface area is 113 Å². The maximum atomic E-state index is 10.7. The summed E-state index contributed by atoms with van der Waals surface area (Å²) >= 11 is 0. The summed E-state index contributed by atoms with van der Waals surface area (Å²) in [6.07, 6.45) is 1.34. The molecule has 3 rings (SSSR count). The molecule has 0 atom stereocenters. The van der Waals surface area contributed by atoms with Crippen molar-refractivity contribution in [1.82, 2.24) is 20.2 Å². The number of hydrogen-bond acceptors (Lipinski definition) is 6. The third-order valence-corrected chi connectivity index (χ3v) is 2.94. The first kappa shape index (κ1) is 12.2. The molecule has 2 N–H and O–H groups in total. The number of imidazole rings is 1. The molecule has 0 aliphatic carbocycles. The normalized spacial score (nSPS) is 10.7. The molecule has 8 heteroatoms. The first-order valence-corrected chi connectivity index (χ1v) is 5.75.